The van der Waals surface area contributed by atoms with Gasteiger partial charge in [0.1, 0.15) is 17.3 Å². The molecular formula is C54H95N3O7. The highest BCUT2D eigenvalue weighted by atomic mass is 16.6. The van der Waals surface area contributed by atoms with Crippen molar-refractivity contribution in [3.8, 4) is 0 Å². The maximum atomic E-state index is 13.5. The van der Waals surface area contributed by atoms with E-state index in [9.17, 15) is 19.2 Å². The molecule has 64 heavy (non-hydrogen) atoms. The minimum atomic E-state index is -0.570. The summed E-state index contributed by atoms with van der Waals surface area (Å²) in [5, 5.41) is 5.63. The third kappa shape index (κ3) is 16.5. The molecule has 368 valence electrons. The van der Waals surface area contributed by atoms with Crippen LogP contribution in [0.15, 0.2) is 11.6 Å². The minimum absolute atomic E-state index is 0.0436. The molecular weight excluding hydrogens is 803 g/mol. The average Bonchev–Trinajstić information content (AvgIpc) is 3.54. The van der Waals surface area contributed by atoms with E-state index in [1.807, 2.05) is 46.4 Å². The summed E-state index contributed by atoms with van der Waals surface area (Å²) in [4.78, 5) is 52.7. The molecule has 10 heteroatoms. The van der Waals surface area contributed by atoms with E-state index in [2.05, 4.69) is 51.3 Å². The summed E-state index contributed by atoms with van der Waals surface area (Å²) < 4.78 is 16.8. The number of unbranched alkanes of at least 4 members (excludes halogenated alkanes) is 5. The molecule has 4 rings (SSSR count). The van der Waals surface area contributed by atoms with Crippen LogP contribution in [-0.2, 0) is 23.8 Å². The lowest BCUT2D eigenvalue weighted by molar-refractivity contribution is -0.151. The number of carbonyl (C=O) groups is 4. The highest BCUT2D eigenvalue weighted by molar-refractivity contribution is 5.77. The van der Waals surface area contributed by atoms with Crippen molar-refractivity contribution in [2.24, 2.45) is 46.3 Å². The molecule has 8 unspecified atom stereocenters. The van der Waals surface area contributed by atoms with E-state index in [1.54, 1.807) is 0 Å². The van der Waals surface area contributed by atoms with Crippen molar-refractivity contribution < 1.29 is 33.4 Å². The van der Waals surface area contributed by atoms with Crippen LogP contribution in [0, 0.1) is 46.3 Å². The molecule has 3 saturated carbocycles. The van der Waals surface area contributed by atoms with Gasteiger partial charge in [0.15, 0.2) is 0 Å². The topological polar surface area (TPSA) is 123 Å². The van der Waals surface area contributed by atoms with Crippen molar-refractivity contribution in [3.63, 3.8) is 0 Å². The molecule has 4 aliphatic carbocycles. The molecule has 2 N–H and O–H groups in total. The summed E-state index contributed by atoms with van der Waals surface area (Å²) in [6, 6.07) is 0. The fourth-order valence-corrected chi connectivity index (χ4v) is 12.5. The highest BCUT2D eigenvalue weighted by Crippen LogP contribution is 2.67. The number of alkyl carbamates (subject to hydrolysis) is 2. The van der Waals surface area contributed by atoms with E-state index in [4.69, 9.17) is 14.2 Å². The van der Waals surface area contributed by atoms with Crippen LogP contribution < -0.4 is 10.6 Å². The first kappa shape index (κ1) is 53.8. The van der Waals surface area contributed by atoms with Crippen molar-refractivity contribution >= 4 is 24.1 Å². The number of hydrogen-bond acceptors (Lipinski definition) is 7. The number of ether oxygens (including phenoxy) is 3. The Morgan fingerprint density at radius 3 is 2.02 bits per heavy atom. The maximum absolute atomic E-state index is 13.5. The Kier molecular flexibility index (Phi) is 20.9. The van der Waals surface area contributed by atoms with E-state index in [0.717, 1.165) is 93.3 Å². The molecule has 0 aliphatic heterocycles. The predicted octanol–water partition coefficient (Wildman–Crippen LogP) is 13.1. The fourth-order valence-electron chi connectivity index (χ4n) is 12.5. The van der Waals surface area contributed by atoms with Gasteiger partial charge < -0.3 is 29.7 Å². The fraction of sp³-hybridized carbons (Fsp3) is 0.889. The summed E-state index contributed by atoms with van der Waals surface area (Å²) in [6.07, 6.45) is 24.4. The lowest BCUT2D eigenvalue weighted by Crippen LogP contribution is -2.50. The molecule has 0 spiro atoms. The highest BCUT2D eigenvalue weighted by Gasteiger charge is 2.58. The number of hydrogen-bond donors (Lipinski definition) is 2. The van der Waals surface area contributed by atoms with Gasteiger partial charge in [0.05, 0.1) is 0 Å². The Morgan fingerprint density at radius 1 is 0.750 bits per heavy atom. The third-order valence-electron chi connectivity index (χ3n) is 16.1. The number of rotatable bonds is 24. The number of allylic oxidation sites excluding steroid dienone is 1. The van der Waals surface area contributed by atoms with Crippen LogP contribution in [0.25, 0.3) is 0 Å². The minimum Gasteiger partial charge on any atom is -0.462 e. The Hall–Kier alpha value is -2.78. The van der Waals surface area contributed by atoms with E-state index in [-0.39, 0.29) is 35.9 Å². The van der Waals surface area contributed by atoms with Gasteiger partial charge in [-0.3, -0.25) is 9.59 Å². The zero-order valence-corrected chi connectivity index (χ0v) is 42.8. The molecule has 0 aromatic carbocycles. The van der Waals surface area contributed by atoms with Gasteiger partial charge in [0.25, 0.3) is 0 Å². The standard InChI is InChI=1S/C54H95N3O7/c1-12-40(39(2)3)22-19-23-41-27-29-45-44-28-26-42-38-43(30-32-54(42,11)46(44)31-33-53(41,45)10)62-48(59)25-20-24-47(58)57(37-21-35-56-50(61)64-52(7,8)9)36-18-16-14-13-15-17-34-55-49(60)63-51(4,5)6/h26,39-41,43-46H,12-25,27-38H2,1-11H3,(H,55,60)(H,56,61). The first-order valence-corrected chi connectivity index (χ1v) is 26.3. The summed E-state index contributed by atoms with van der Waals surface area (Å²) in [5.74, 6) is 4.79. The van der Waals surface area contributed by atoms with Crippen molar-refractivity contribution in [3.05, 3.63) is 11.6 Å². The van der Waals surface area contributed by atoms with Crippen LogP contribution in [0.1, 0.15) is 217 Å². The SMILES string of the molecule is CCC(CCCC1CCC2C3CC=C4CC(OC(=O)CCCC(=O)N(CCCCCCCCNC(=O)OC(C)(C)C)CCCNC(=O)OC(C)(C)C)CCC4(C)C3CCC12C)C(C)C. The number of carbonyl (C=O) groups excluding carboxylic acids is 4. The van der Waals surface area contributed by atoms with Crippen LogP contribution in [0.4, 0.5) is 9.59 Å². The number of amides is 3. The van der Waals surface area contributed by atoms with Crippen molar-refractivity contribution in [1.29, 1.82) is 0 Å². The smallest absolute Gasteiger partial charge is 0.407 e. The van der Waals surface area contributed by atoms with Crippen molar-refractivity contribution in [2.75, 3.05) is 26.2 Å². The van der Waals surface area contributed by atoms with Gasteiger partial charge >= 0.3 is 18.2 Å². The van der Waals surface area contributed by atoms with Crippen LogP contribution in [-0.4, -0.2) is 72.4 Å². The van der Waals surface area contributed by atoms with Gasteiger partial charge in [-0.15, -0.1) is 0 Å². The average molecular weight is 898 g/mol. The predicted molar refractivity (Wildman–Crippen MR) is 259 cm³/mol. The van der Waals surface area contributed by atoms with Crippen LogP contribution >= 0.6 is 0 Å². The molecule has 0 aromatic rings. The molecule has 0 radical (unpaired) electrons. The Labute approximate surface area is 390 Å². The third-order valence-corrected chi connectivity index (χ3v) is 16.1. The largest absolute Gasteiger partial charge is 0.462 e. The van der Waals surface area contributed by atoms with Crippen LogP contribution in [0.3, 0.4) is 0 Å². The lowest BCUT2D eigenvalue weighted by atomic mass is 9.47. The summed E-state index contributed by atoms with van der Waals surface area (Å²) >= 11 is 0. The second-order valence-corrected chi connectivity index (χ2v) is 23.3. The van der Waals surface area contributed by atoms with E-state index in [1.165, 1.54) is 63.4 Å². The van der Waals surface area contributed by atoms with Crippen molar-refractivity contribution in [2.45, 2.75) is 235 Å². The molecule has 3 fully saturated rings. The van der Waals surface area contributed by atoms with E-state index < -0.39 is 17.3 Å². The second kappa shape index (κ2) is 24.8. The lowest BCUT2D eigenvalue weighted by Gasteiger charge is -2.58. The molecule has 0 saturated heterocycles. The van der Waals surface area contributed by atoms with Gasteiger partial charge in [-0.2, -0.15) is 0 Å². The number of esters is 1. The van der Waals surface area contributed by atoms with Gasteiger partial charge in [-0.05, 0) is 165 Å². The Bertz CT molecular complexity index is 1510. The van der Waals surface area contributed by atoms with Gasteiger partial charge in [0, 0.05) is 45.4 Å². The van der Waals surface area contributed by atoms with Crippen LogP contribution in [0.2, 0.25) is 0 Å². The molecule has 10 nitrogen and oxygen atoms in total. The summed E-state index contributed by atoms with van der Waals surface area (Å²) in [5.41, 5.74) is 1.18. The first-order valence-electron chi connectivity index (χ1n) is 26.3. The van der Waals surface area contributed by atoms with Crippen LogP contribution in [0.5, 0.6) is 0 Å². The molecule has 3 amide bonds. The zero-order valence-electron chi connectivity index (χ0n) is 42.8. The number of nitrogens with zero attached hydrogens (tertiary/aromatic N) is 1. The van der Waals surface area contributed by atoms with E-state index >= 15 is 0 Å². The van der Waals surface area contributed by atoms with Gasteiger partial charge in [-0.25, -0.2) is 9.59 Å². The van der Waals surface area contributed by atoms with E-state index in [0.29, 0.717) is 50.9 Å². The Morgan fingerprint density at radius 2 is 1.38 bits per heavy atom. The normalized spacial score (nSPS) is 27.1. The first-order chi connectivity index (χ1) is 30.1. The van der Waals surface area contributed by atoms with Gasteiger partial charge in [-0.1, -0.05) is 91.2 Å². The molecule has 8 atom stereocenters. The molecule has 0 bridgehead atoms. The number of fused-ring (bicyclic) bond motifs is 5. The molecule has 0 aromatic heterocycles. The summed E-state index contributed by atoms with van der Waals surface area (Å²) in [7, 11) is 0. The second-order valence-electron chi connectivity index (χ2n) is 23.3. The Balaban J connectivity index is 1.19. The molecule has 0 heterocycles. The van der Waals surface area contributed by atoms with Crippen molar-refractivity contribution in [1.82, 2.24) is 15.5 Å². The maximum Gasteiger partial charge on any atom is 0.407 e. The number of nitrogens with one attached hydrogen (secondary N) is 2. The van der Waals surface area contributed by atoms with Gasteiger partial charge in [0.2, 0.25) is 5.91 Å². The monoisotopic (exact) mass is 898 g/mol. The summed E-state index contributed by atoms with van der Waals surface area (Å²) in [6.45, 7) is 25.6. The zero-order chi connectivity index (χ0) is 47.1. The molecule has 4 aliphatic rings. The quantitative estimate of drug-likeness (QED) is 0.0428.